The van der Waals surface area contributed by atoms with Crippen LogP contribution in [0.3, 0.4) is 0 Å². The molecule has 0 saturated carbocycles. The van der Waals surface area contributed by atoms with Crippen LogP contribution in [0.5, 0.6) is 23.0 Å². The van der Waals surface area contributed by atoms with Crippen molar-refractivity contribution >= 4 is 11.0 Å². The molecule has 10 atom stereocenters. The molecule has 0 amide bonds. The lowest BCUT2D eigenvalue weighted by molar-refractivity contribution is -0.323. The summed E-state index contributed by atoms with van der Waals surface area (Å²) in [6, 6.07) is 6.26. The Bertz CT molecular complexity index is 1520. The van der Waals surface area contributed by atoms with Gasteiger partial charge in [-0.15, -0.1) is 0 Å². The molecule has 2 saturated heterocycles. The molecule has 2 fully saturated rings. The van der Waals surface area contributed by atoms with Crippen LogP contribution in [-0.2, 0) is 14.2 Å². The molecular weight excluding hydrogens is 592 g/mol. The van der Waals surface area contributed by atoms with Gasteiger partial charge in [-0.05, 0) is 12.1 Å². The largest absolute Gasteiger partial charge is 0.508 e. The highest BCUT2D eigenvalue weighted by atomic mass is 16.7. The first-order valence-corrected chi connectivity index (χ1v) is 13.4. The van der Waals surface area contributed by atoms with Gasteiger partial charge < -0.3 is 74.1 Å². The normalized spacial score (nSPS) is 32.5. The van der Waals surface area contributed by atoms with Crippen LogP contribution in [0.2, 0.25) is 0 Å². The molecule has 2 aromatic carbocycles. The zero-order chi connectivity index (χ0) is 31.9. The summed E-state index contributed by atoms with van der Waals surface area (Å²) in [5, 5.41) is 90.8. The molecule has 5 rings (SSSR count). The minimum Gasteiger partial charge on any atom is -0.508 e. The number of hydrogen-bond donors (Lipinski definition) is 9. The van der Waals surface area contributed by atoms with Gasteiger partial charge in [-0.25, -0.2) is 0 Å². The summed E-state index contributed by atoms with van der Waals surface area (Å²) in [7, 11) is 1.28. The van der Waals surface area contributed by atoms with Crippen LogP contribution in [0.1, 0.15) is 0 Å². The first kappa shape index (κ1) is 31.9. The van der Waals surface area contributed by atoms with Gasteiger partial charge in [-0.3, -0.25) is 4.79 Å². The number of phenols is 2. The van der Waals surface area contributed by atoms with Crippen molar-refractivity contribution in [1.29, 1.82) is 0 Å². The highest BCUT2D eigenvalue weighted by Gasteiger charge is 2.48. The van der Waals surface area contributed by atoms with Crippen LogP contribution in [0.25, 0.3) is 22.1 Å². The highest BCUT2D eigenvalue weighted by Crippen LogP contribution is 2.36. The molecule has 3 aromatic rings. The third-order valence-corrected chi connectivity index (χ3v) is 7.50. The quantitative estimate of drug-likeness (QED) is 0.130. The van der Waals surface area contributed by atoms with E-state index in [1.54, 1.807) is 0 Å². The number of ether oxygens (including phenoxy) is 5. The molecule has 0 bridgehead atoms. The summed E-state index contributed by atoms with van der Waals surface area (Å²) in [4.78, 5) is 13.4. The smallest absolute Gasteiger partial charge is 0.229 e. The van der Waals surface area contributed by atoms with Crippen LogP contribution >= 0.6 is 0 Å². The molecule has 0 unspecified atom stereocenters. The maximum absolute atomic E-state index is 13.4. The molecule has 16 heteroatoms. The van der Waals surface area contributed by atoms with Crippen molar-refractivity contribution in [2.45, 2.75) is 61.4 Å². The van der Waals surface area contributed by atoms with Crippen LogP contribution < -0.4 is 14.9 Å². The fourth-order valence-electron chi connectivity index (χ4n) is 5.04. The Labute approximate surface area is 248 Å². The van der Waals surface area contributed by atoms with E-state index >= 15 is 0 Å². The topological polar surface area (TPSA) is 258 Å². The monoisotopic (exact) mass is 624 g/mol. The summed E-state index contributed by atoms with van der Waals surface area (Å²) in [6.07, 6.45) is -15.0. The molecule has 16 nitrogen and oxygen atoms in total. The number of aliphatic hydroxyl groups excluding tert-OH is 7. The fourth-order valence-corrected chi connectivity index (χ4v) is 5.04. The summed E-state index contributed by atoms with van der Waals surface area (Å²) in [6.45, 7) is -1.25. The lowest BCUT2D eigenvalue weighted by atomic mass is 9.98. The van der Waals surface area contributed by atoms with Crippen molar-refractivity contribution in [3.63, 3.8) is 0 Å². The number of phenolic OH excluding ortho intramolecular Hbond substituents is 2. The Morgan fingerprint density at radius 1 is 0.795 bits per heavy atom. The van der Waals surface area contributed by atoms with E-state index in [-0.39, 0.29) is 45.1 Å². The van der Waals surface area contributed by atoms with Crippen LogP contribution in [0, 0.1) is 0 Å². The van der Waals surface area contributed by atoms with Gasteiger partial charge in [0.05, 0.1) is 25.9 Å². The second-order valence-electron chi connectivity index (χ2n) is 10.3. The van der Waals surface area contributed by atoms with Gasteiger partial charge in [-0.1, -0.05) is 0 Å². The Hall–Kier alpha value is -3.55. The molecule has 0 aliphatic carbocycles. The molecule has 1 aromatic heterocycles. The van der Waals surface area contributed by atoms with Gasteiger partial charge in [0.2, 0.25) is 11.7 Å². The number of rotatable bonds is 8. The van der Waals surface area contributed by atoms with Gasteiger partial charge in [0.15, 0.2) is 6.29 Å². The number of hydrogen-bond acceptors (Lipinski definition) is 16. The predicted molar refractivity (Wildman–Crippen MR) is 145 cm³/mol. The summed E-state index contributed by atoms with van der Waals surface area (Å²) >= 11 is 0. The first-order valence-electron chi connectivity index (χ1n) is 13.4. The standard InChI is InChI=1S/C28H32O16/c1-39-15-5-11(6-16-19(15)20(32)13(8-40-16)12-3-2-10(30)4-14(12)31)42-28-26(38)24(36)22(34)18(44-28)9-41-27-25(37)23(35)21(33)17(7-29)43-27/h2-6,8,17-18,21-31,33-38H,7,9H2,1H3/t17-,18-,21-,22-,23+,24+,25-,26-,27-,28-/m1/s1. The van der Waals surface area contributed by atoms with Gasteiger partial charge in [0.25, 0.3) is 0 Å². The minimum atomic E-state index is -1.79. The number of methoxy groups -OCH3 is 1. The van der Waals surface area contributed by atoms with E-state index in [2.05, 4.69) is 0 Å². The molecule has 2 aliphatic rings. The van der Waals surface area contributed by atoms with Crippen LogP contribution in [0.15, 0.2) is 45.8 Å². The Balaban J connectivity index is 1.36. The van der Waals surface area contributed by atoms with E-state index < -0.39 is 80.1 Å². The van der Waals surface area contributed by atoms with E-state index in [1.807, 2.05) is 0 Å². The molecular formula is C28H32O16. The number of benzene rings is 2. The summed E-state index contributed by atoms with van der Waals surface area (Å²) < 4.78 is 33.1. The maximum Gasteiger partial charge on any atom is 0.229 e. The van der Waals surface area contributed by atoms with Crippen molar-refractivity contribution in [3.05, 3.63) is 46.8 Å². The molecule has 0 spiro atoms. The molecule has 9 N–H and O–H groups in total. The second-order valence-corrected chi connectivity index (χ2v) is 10.3. The SMILES string of the molecule is COc1cc(O[C@@H]2O[C@H](CO[C@@H]3O[C@H](CO)[C@@H](O)[C@H](O)[C@H]3O)[C@@H](O)[C@H](O)[C@H]2O)cc2occ(-c3ccc(O)cc3O)c(=O)c12. The van der Waals surface area contributed by atoms with Gasteiger partial charge in [0.1, 0.15) is 89.1 Å². The van der Waals surface area contributed by atoms with Crippen LogP contribution in [-0.4, -0.2) is 128 Å². The summed E-state index contributed by atoms with van der Waals surface area (Å²) in [5.74, 6) is -0.619. The number of aromatic hydroxyl groups is 2. The zero-order valence-corrected chi connectivity index (χ0v) is 23.0. The Morgan fingerprint density at radius 2 is 1.45 bits per heavy atom. The van der Waals surface area contributed by atoms with E-state index in [0.29, 0.717) is 0 Å². The Morgan fingerprint density at radius 3 is 2.11 bits per heavy atom. The minimum absolute atomic E-state index is 0.0141. The Kier molecular flexibility index (Phi) is 9.28. The molecule has 3 heterocycles. The average Bonchev–Trinajstić information content (AvgIpc) is 3.00. The van der Waals surface area contributed by atoms with Crippen molar-refractivity contribution < 1.29 is 74.1 Å². The van der Waals surface area contributed by atoms with Gasteiger partial charge in [0, 0.05) is 23.8 Å². The van der Waals surface area contributed by atoms with E-state index in [9.17, 15) is 50.8 Å². The van der Waals surface area contributed by atoms with Gasteiger partial charge >= 0.3 is 0 Å². The van der Waals surface area contributed by atoms with E-state index in [0.717, 1.165) is 12.3 Å². The molecule has 240 valence electrons. The highest BCUT2D eigenvalue weighted by molar-refractivity contribution is 5.89. The van der Waals surface area contributed by atoms with Crippen molar-refractivity contribution in [3.8, 4) is 34.1 Å². The van der Waals surface area contributed by atoms with E-state index in [1.165, 1.54) is 31.4 Å². The molecule has 2 aliphatic heterocycles. The van der Waals surface area contributed by atoms with Crippen molar-refractivity contribution in [1.82, 2.24) is 0 Å². The molecule has 44 heavy (non-hydrogen) atoms. The van der Waals surface area contributed by atoms with Crippen LogP contribution in [0.4, 0.5) is 0 Å². The predicted octanol–water partition coefficient (Wildman–Crippen LogP) is -2.12. The summed E-state index contributed by atoms with van der Waals surface area (Å²) in [5.41, 5.74) is -0.510. The third kappa shape index (κ3) is 5.92. The number of fused-ring (bicyclic) bond motifs is 1. The molecule has 0 radical (unpaired) electrons. The fraction of sp³-hybridized carbons (Fsp3) is 0.464. The lowest BCUT2D eigenvalue weighted by Gasteiger charge is -2.42. The van der Waals surface area contributed by atoms with Crippen molar-refractivity contribution in [2.75, 3.05) is 20.3 Å². The van der Waals surface area contributed by atoms with Gasteiger partial charge in [-0.2, -0.15) is 0 Å². The zero-order valence-electron chi connectivity index (χ0n) is 23.0. The van der Waals surface area contributed by atoms with Crippen molar-refractivity contribution in [2.24, 2.45) is 0 Å². The van der Waals surface area contributed by atoms with E-state index in [4.69, 9.17) is 28.1 Å². The average molecular weight is 625 g/mol. The third-order valence-electron chi connectivity index (χ3n) is 7.50. The second kappa shape index (κ2) is 12.8. The number of aliphatic hydroxyl groups is 7. The lowest BCUT2D eigenvalue weighted by Crippen LogP contribution is -2.62. The maximum atomic E-state index is 13.4. The first-order chi connectivity index (χ1) is 20.9.